The highest BCUT2D eigenvalue weighted by Crippen LogP contribution is 2.34. The predicted molar refractivity (Wildman–Crippen MR) is 110 cm³/mol. The van der Waals surface area contributed by atoms with Gasteiger partial charge in [0.05, 0.1) is 11.5 Å². The van der Waals surface area contributed by atoms with Gasteiger partial charge in [-0.05, 0) is 50.9 Å². The fourth-order valence-electron chi connectivity index (χ4n) is 4.79. The predicted octanol–water partition coefficient (Wildman–Crippen LogP) is 1.44. The van der Waals surface area contributed by atoms with Gasteiger partial charge in [-0.1, -0.05) is 0 Å². The molecule has 2 amide bonds. The van der Waals surface area contributed by atoms with Gasteiger partial charge in [-0.2, -0.15) is 0 Å². The van der Waals surface area contributed by atoms with Gasteiger partial charge in [0.15, 0.2) is 0 Å². The Hall–Kier alpha value is -2.03. The molecule has 0 aromatic carbocycles. The number of hydrogen-bond acceptors (Lipinski definition) is 6. The van der Waals surface area contributed by atoms with Crippen LogP contribution in [0.3, 0.4) is 0 Å². The summed E-state index contributed by atoms with van der Waals surface area (Å²) in [5, 5.41) is 8.23. The molecule has 8 heteroatoms. The number of carbonyl (C=O) groups excluding carboxylic acids is 2. The lowest BCUT2D eigenvalue weighted by Gasteiger charge is -2.49. The lowest BCUT2D eigenvalue weighted by atomic mass is 9.79. The van der Waals surface area contributed by atoms with E-state index in [2.05, 4.69) is 27.4 Å². The van der Waals surface area contributed by atoms with Gasteiger partial charge < -0.3 is 15.5 Å². The molecule has 4 aliphatic rings. The van der Waals surface area contributed by atoms with Crippen molar-refractivity contribution < 1.29 is 9.59 Å². The van der Waals surface area contributed by atoms with E-state index in [4.69, 9.17) is 0 Å². The third kappa shape index (κ3) is 3.09. The molecule has 4 fully saturated rings. The quantitative estimate of drug-likeness (QED) is 0.817. The van der Waals surface area contributed by atoms with Crippen LogP contribution in [-0.4, -0.2) is 66.5 Å². The van der Waals surface area contributed by atoms with Crippen LogP contribution in [0.2, 0.25) is 0 Å². The number of hydrogen-bond donors (Lipinski definition) is 2. The number of amides is 2. The molecule has 6 rings (SSSR count). The molecule has 4 aliphatic heterocycles. The summed E-state index contributed by atoms with van der Waals surface area (Å²) in [6, 6.07) is 4.43. The van der Waals surface area contributed by atoms with E-state index in [-0.39, 0.29) is 17.9 Å². The molecule has 2 atom stereocenters. The topological polar surface area (TPSA) is 77.6 Å². The number of piperidine rings is 3. The summed E-state index contributed by atoms with van der Waals surface area (Å²) in [6.07, 6.45) is 4.07. The number of thiophene rings is 1. The maximum absolute atomic E-state index is 12.9. The zero-order valence-electron chi connectivity index (χ0n) is 16.0. The highest BCUT2D eigenvalue weighted by Gasteiger charge is 2.40. The van der Waals surface area contributed by atoms with Gasteiger partial charge in [0.25, 0.3) is 5.91 Å². The molecule has 0 saturated carbocycles. The molecule has 148 valence electrons. The SMILES string of the molecule is CC1C(NC(=O)c2cc3sc(N4CCNCC4=O)cc3cn2)C2CCN1CC2. The van der Waals surface area contributed by atoms with Gasteiger partial charge in [-0.3, -0.25) is 19.5 Å². The number of anilines is 1. The summed E-state index contributed by atoms with van der Waals surface area (Å²) < 4.78 is 0.989. The fraction of sp³-hybridized carbons (Fsp3) is 0.550. The molecule has 28 heavy (non-hydrogen) atoms. The molecule has 2 N–H and O–H groups in total. The number of carbonyl (C=O) groups is 2. The number of fused-ring (bicyclic) bond motifs is 4. The van der Waals surface area contributed by atoms with Gasteiger partial charge in [-0.25, -0.2) is 0 Å². The van der Waals surface area contributed by atoms with E-state index in [1.807, 2.05) is 17.0 Å². The molecular formula is C20H25N5O2S. The number of nitrogens with zero attached hydrogens (tertiary/aromatic N) is 3. The van der Waals surface area contributed by atoms with Crippen molar-refractivity contribution in [3.8, 4) is 0 Å². The fourth-order valence-corrected chi connectivity index (χ4v) is 5.90. The lowest BCUT2D eigenvalue weighted by molar-refractivity contribution is -0.118. The van der Waals surface area contributed by atoms with E-state index in [1.165, 1.54) is 0 Å². The number of rotatable bonds is 3. The van der Waals surface area contributed by atoms with Crippen LogP contribution in [0.5, 0.6) is 0 Å². The van der Waals surface area contributed by atoms with E-state index in [0.717, 1.165) is 47.6 Å². The zero-order chi connectivity index (χ0) is 19.3. The van der Waals surface area contributed by atoms with E-state index in [0.29, 0.717) is 30.7 Å². The van der Waals surface area contributed by atoms with Gasteiger partial charge in [0.2, 0.25) is 5.91 Å². The molecular weight excluding hydrogens is 374 g/mol. The second kappa shape index (κ2) is 7.09. The molecule has 2 unspecified atom stereocenters. The Labute approximate surface area is 168 Å². The minimum absolute atomic E-state index is 0.0834. The normalized spacial score (nSPS) is 30.0. The maximum atomic E-state index is 12.9. The van der Waals surface area contributed by atoms with Crippen LogP contribution in [0.25, 0.3) is 10.1 Å². The van der Waals surface area contributed by atoms with Crippen molar-refractivity contribution in [3.05, 3.63) is 24.0 Å². The molecule has 0 radical (unpaired) electrons. The largest absolute Gasteiger partial charge is 0.346 e. The third-order valence-electron chi connectivity index (χ3n) is 6.45. The first-order valence-electron chi connectivity index (χ1n) is 10.1. The minimum Gasteiger partial charge on any atom is -0.346 e. The highest BCUT2D eigenvalue weighted by atomic mass is 32.1. The second-order valence-corrected chi connectivity index (χ2v) is 9.09. The number of nitrogens with one attached hydrogen (secondary N) is 2. The van der Waals surface area contributed by atoms with Gasteiger partial charge >= 0.3 is 0 Å². The molecule has 7 nitrogen and oxygen atoms in total. The van der Waals surface area contributed by atoms with E-state index in [9.17, 15) is 9.59 Å². The van der Waals surface area contributed by atoms with Crippen molar-refractivity contribution in [2.45, 2.75) is 31.8 Å². The van der Waals surface area contributed by atoms with Crippen molar-refractivity contribution in [1.82, 2.24) is 20.5 Å². The zero-order valence-corrected chi connectivity index (χ0v) is 16.8. The minimum atomic E-state index is -0.0966. The standard InChI is InChI=1S/C20H25N5O2S/c1-12-19(13-2-5-24(12)6-3-13)23-20(27)15-9-16-14(10-22-15)8-18(28-16)25-7-4-21-11-17(25)26/h8-10,12-13,19,21H,2-7,11H2,1H3,(H,23,27). The van der Waals surface area contributed by atoms with Gasteiger partial charge in [-0.15, -0.1) is 11.3 Å². The average Bonchev–Trinajstić information content (AvgIpc) is 3.14. The molecule has 6 heterocycles. The van der Waals surface area contributed by atoms with Crippen LogP contribution in [0.15, 0.2) is 18.3 Å². The van der Waals surface area contributed by atoms with Crippen LogP contribution in [0, 0.1) is 5.92 Å². The average molecular weight is 400 g/mol. The molecule has 0 spiro atoms. The van der Waals surface area contributed by atoms with Crippen LogP contribution in [0.1, 0.15) is 30.3 Å². The molecule has 0 aliphatic carbocycles. The van der Waals surface area contributed by atoms with Crippen molar-refractivity contribution in [1.29, 1.82) is 0 Å². The smallest absolute Gasteiger partial charge is 0.270 e. The summed E-state index contributed by atoms with van der Waals surface area (Å²) >= 11 is 1.55. The molecule has 2 aromatic rings. The second-order valence-electron chi connectivity index (χ2n) is 8.03. The Morgan fingerprint density at radius 3 is 2.86 bits per heavy atom. The summed E-state index contributed by atoms with van der Waals surface area (Å²) in [5.74, 6) is 0.556. The third-order valence-corrected chi connectivity index (χ3v) is 7.57. The summed E-state index contributed by atoms with van der Waals surface area (Å²) in [4.78, 5) is 33.7. The first-order chi connectivity index (χ1) is 13.6. The van der Waals surface area contributed by atoms with Crippen molar-refractivity contribution in [2.24, 2.45) is 5.92 Å². The first-order valence-corrected chi connectivity index (χ1v) is 10.9. The van der Waals surface area contributed by atoms with Crippen molar-refractivity contribution >= 4 is 38.2 Å². The Morgan fingerprint density at radius 1 is 1.29 bits per heavy atom. The number of pyridine rings is 1. The van der Waals surface area contributed by atoms with Gasteiger partial charge in [0, 0.05) is 41.5 Å². The molecule has 2 aromatic heterocycles. The van der Waals surface area contributed by atoms with Crippen molar-refractivity contribution in [3.63, 3.8) is 0 Å². The summed E-state index contributed by atoms with van der Waals surface area (Å²) in [6.45, 7) is 6.34. The van der Waals surface area contributed by atoms with Crippen LogP contribution < -0.4 is 15.5 Å². The monoisotopic (exact) mass is 399 g/mol. The molecule has 2 bridgehead atoms. The van der Waals surface area contributed by atoms with E-state index >= 15 is 0 Å². The van der Waals surface area contributed by atoms with Crippen molar-refractivity contribution in [2.75, 3.05) is 37.6 Å². The Balaban J connectivity index is 1.36. The summed E-state index contributed by atoms with van der Waals surface area (Å²) in [5.41, 5.74) is 0.455. The number of aromatic nitrogens is 1. The van der Waals surface area contributed by atoms with Crippen LogP contribution in [0.4, 0.5) is 5.00 Å². The maximum Gasteiger partial charge on any atom is 0.270 e. The first kappa shape index (κ1) is 18.0. The van der Waals surface area contributed by atoms with Crippen LogP contribution >= 0.6 is 11.3 Å². The Kier molecular flexibility index (Phi) is 4.57. The summed E-state index contributed by atoms with van der Waals surface area (Å²) in [7, 11) is 0. The Morgan fingerprint density at radius 2 is 2.11 bits per heavy atom. The molecule has 4 saturated heterocycles. The van der Waals surface area contributed by atoms with Crippen LogP contribution in [-0.2, 0) is 4.79 Å². The van der Waals surface area contributed by atoms with E-state index in [1.54, 1.807) is 17.5 Å². The van der Waals surface area contributed by atoms with Gasteiger partial charge in [0.1, 0.15) is 5.69 Å². The highest BCUT2D eigenvalue weighted by molar-refractivity contribution is 7.23. The lowest BCUT2D eigenvalue weighted by Crippen LogP contribution is -2.62. The Bertz CT molecular complexity index is 918. The van der Waals surface area contributed by atoms with E-state index < -0.39 is 0 Å². The number of piperazine rings is 1.